The van der Waals surface area contributed by atoms with Gasteiger partial charge in [0.05, 0.1) is 5.69 Å². The van der Waals surface area contributed by atoms with Crippen molar-refractivity contribution in [3.8, 4) is 0 Å². The van der Waals surface area contributed by atoms with Crippen molar-refractivity contribution in [1.82, 2.24) is 9.88 Å². The Balaban J connectivity index is 1.42. The fourth-order valence-corrected chi connectivity index (χ4v) is 4.11. The van der Waals surface area contributed by atoms with E-state index >= 15 is 0 Å². The summed E-state index contributed by atoms with van der Waals surface area (Å²) in [4.78, 5) is 18.6. The maximum atomic E-state index is 12.3. The molecule has 24 heavy (non-hydrogen) atoms. The molecule has 0 atom stereocenters. The molecule has 4 nitrogen and oxygen atoms in total. The summed E-state index contributed by atoms with van der Waals surface area (Å²) < 4.78 is 6.62. The lowest BCUT2D eigenvalue weighted by molar-refractivity contribution is 0.0677. The maximum Gasteiger partial charge on any atom is 0.410 e. The number of rotatable bonds is 2. The van der Waals surface area contributed by atoms with Crippen molar-refractivity contribution in [3.05, 3.63) is 45.7 Å². The molecule has 1 aromatic rings. The average molecular weight is 389 g/mol. The van der Waals surface area contributed by atoms with E-state index in [9.17, 15) is 4.79 Å². The highest BCUT2D eigenvalue weighted by molar-refractivity contribution is 9.10. The van der Waals surface area contributed by atoms with Crippen molar-refractivity contribution in [2.75, 3.05) is 13.1 Å². The van der Waals surface area contributed by atoms with Gasteiger partial charge in [-0.3, -0.25) is 4.98 Å². The van der Waals surface area contributed by atoms with Gasteiger partial charge in [0.25, 0.3) is 0 Å². The van der Waals surface area contributed by atoms with E-state index in [0.29, 0.717) is 6.54 Å². The Kier molecular flexibility index (Phi) is 4.44. The predicted octanol–water partition coefficient (Wildman–Crippen LogP) is 4.49. The van der Waals surface area contributed by atoms with E-state index < -0.39 is 0 Å². The monoisotopic (exact) mass is 388 g/mol. The fraction of sp³-hybridized carbons (Fsp3) is 0.474. The van der Waals surface area contributed by atoms with E-state index in [4.69, 9.17) is 4.74 Å². The molecule has 126 valence electrons. The summed E-state index contributed by atoms with van der Waals surface area (Å²) in [5, 5.41) is 0. The van der Waals surface area contributed by atoms with E-state index in [1.54, 1.807) is 0 Å². The molecule has 0 radical (unpaired) electrons. The van der Waals surface area contributed by atoms with Crippen molar-refractivity contribution in [2.24, 2.45) is 0 Å². The van der Waals surface area contributed by atoms with Crippen LogP contribution in [0.4, 0.5) is 4.79 Å². The molecule has 0 spiro atoms. The van der Waals surface area contributed by atoms with Gasteiger partial charge in [0, 0.05) is 35.7 Å². The Morgan fingerprint density at radius 2 is 2.12 bits per heavy atom. The number of nitrogens with zero attached hydrogens (tertiary/aromatic N) is 2. The summed E-state index contributed by atoms with van der Waals surface area (Å²) in [5.41, 5.74) is 4.95. The second-order valence-corrected chi connectivity index (χ2v) is 7.60. The second kappa shape index (κ2) is 6.71. The first-order valence-corrected chi connectivity index (χ1v) is 9.50. The molecule has 1 saturated carbocycles. The summed E-state index contributed by atoms with van der Waals surface area (Å²) in [6, 6.07) is 2.14. The molecular formula is C19H21BrN2O2. The molecule has 0 saturated heterocycles. The Bertz CT molecular complexity index is 720. The van der Waals surface area contributed by atoms with Gasteiger partial charge < -0.3 is 9.64 Å². The van der Waals surface area contributed by atoms with Crippen LogP contribution in [0.3, 0.4) is 0 Å². The summed E-state index contributed by atoms with van der Waals surface area (Å²) >= 11 is 3.51. The molecule has 2 heterocycles. The van der Waals surface area contributed by atoms with Crippen molar-refractivity contribution in [2.45, 2.75) is 44.6 Å². The molecule has 0 aromatic carbocycles. The lowest BCUT2D eigenvalue weighted by Gasteiger charge is -2.27. The SMILES string of the molecule is O=C(OC1CCCC1)N1CC=C(C2=CCc3ncc(Br)cc32)CC1. The van der Waals surface area contributed by atoms with Gasteiger partial charge in [-0.15, -0.1) is 0 Å². The minimum Gasteiger partial charge on any atom is -0.446 e. The minimum atomic E-state index is -0.151. The number of allylic oxidation sites excluding steroid dienone is 2. The number of aromatic nitrogens is 1. The van der Waals surface area contributed by atoms with Crippen LogP contribution < -0.4 is 0 Å². The lowest BCUT2D eigenvalue weighted by atomic mass is 9.96. The molecule has 0 bridgehead atoms. The number of hydrogen-bond donors (Lipinski definition) is 0. The van der Waals surface area contributed by atoms with Gasteiger partial charge in [-0.25, -0.2) is 4.79 Å². The van der Waals surface area contributed by atoms with Crippen LogP contribution in [0.5, 0.6) is 0 Å². The van der Waals surface area contributed by atoms with Gasteiger partial charge in [-0.2, -0.15) is 0 Å². The summed E-state index contributed by atoms with van der Waals surface area (Å²) in [5.74, 6) is 0. The normalized spacial score (nSPS) is 20.6. The van der Waals surface area contributed by atoms with Crippen molar-refractivity contribution < 1.29 is 9.53 Å². The topological polar surface area (TPSA) is 42.4 Å². The standard InChI is InChI=1S/C19H21BrN2O2/c20-14-11-17-16(5-6-18(17)21-12-14)13-7-9-22(10-8-13)19(23)24-15-3-1-2-4-15/h5,7,11-12,15H,1-4,6,8-10H2. The zero-order valence-electron chi connectivity index (χ0n) is 13.6. The Morgan fingerprint density at radius 1 is 1.29 bits per heavy atom. The van der Waals surface area contributed by atoms with Crippen LogP contribution in [0.1, 0.15) is 43.4 Å². The first-order chi connectivity index (χ1) is 11.7. The molecule has 5 heteroatoms. The third-order valence-corrected chi connectivity index (χ3v) is 5.54. The number of amides is 1. The molecule has 0 N–H and O–H groups in total. The van der Waals surface area contributed by atoms with Crippen molar-refractivity contribution in [1.29, 1.82) is 0 Å². The van der Waals surface area contributed by atoms with Crippen LogP contribution in [0.25, 0.3) is 5.57 Å². The van der Waals surface area contributed by atoms with Crippen LogP contribution in [0.2, 0.25) is 0 Å². The van der Waals surface area contributed by atoms with Gasteiger partial charge >= 0.3 is 6.09 Å². The van der Waals surface area contributed by atoms with Gasteiger partial charge in [-0.05, 0) is 65.2 Å². The molecule has 1 fully saturated rings. The summed E-state index contributed by atoms with van der Waals surface area (Å²) in [6.07, 6.45) is 12.4. The molecule has 3 aliphatic rings. The number of carbonyl (C=O) groups excluding carboxylic acids is 1. The zero-order chi connectivity index (χ0) is 16.5. The molecular weight excluding hydrogens is 368 g/mol. The maximum absolute atomic E-state index is 12.3. The van der Waals surface area contributed by atoms with E-state index in [-0.39, 0.29) is 12.2 Å². The zero-order valence-corrected chi connectivity index (χ0v) is 15.2. The Morgan fingerprint density at radius 3 is 2.88 bits per heavy atom. The number of hydrogen-bond acceptors (Lipinski definition) is 3. The van der Waals surface area contributed by atoms with E-state index in [1.807, 2.05) is 11.1 Å². The highest BCUT2D eigenvalue weighted by Gasteiger charge is 2.26. The third-order valence-electron chi connectivity index (χ3n) is 5.11. The predicted molar refractivity (Wildman–Crippen MR) is 96.6 cm³/mol. The molecule has 4 rings (SSSR count). The second-order valence-electron chi connectivity index (χ2n) is 6.69. The molecule has 1 aromatic heterocycles. The molecule has 2 aliphatic carbocycles. The van der Waals surface area contributed by atoms with Crippen LogP contribution >= 0.6 is 15.9 Å². The molecule has 0 unspecified atom stereocenters. The number of pyridine rings is 1. The number of ether oxygens (including phenoxy) is 1. The number of carbonyl (C=O) groups is 1. The van der Waals surface area contributed by atoms with E-state index in [0.717, 1.165) is 42.4 Å². The van der Waals surface area contributed by atoms with Crippen LogP contribution in [-0.4, -0.2) is 35.2 Å². The van der Waals surface area contributed by atoms with Crippen molar-refractivity contribution >= 4 is 27.6 Å². The van der Waals surface area contributed by atoms with E-state index in [1.165, 1.54) is 29.6 Å². The van der Waals surface area contributed by atoms with E-state index in [2.05, 4.69) is 39.1 Å². The molecule has 1 aliphatic heterocycles. The van der Waals surface area contributed by atoms with Gasteiger partial charge in [0.15, 0.2) is 0 Å². The van der Waals surface area contributed by atoms with Crippen LogP contribution in [0, 0.1) is 0 Å². The first-order valence-electron chi connectivity index (χ1n) is 8.70. The van der Waals surface area contributed by atoms with Gasteiger partial charge in [0.1, 0.15) is 6.10 Å². The largest absolute Gasteiger partial charge is 0.446 e. The average Bonchev–Trinajstić information content (AvgIpc) is 3.24. The highest BCUT2D eigenvalue weighted by atomic mass is 79.9. The highest BCUT2D eigenvalue weighted by Crippen LogP contribution is 2.35. The third kappa shape index (κ3) is 3.14. The molecule has 1 amide bonds. The van der Waals surface area contributed by atoms with Crippen LogP contribution in [0.15, 0.2) is 34.5 Å². The summed E-state index contributed by atoms with van der Waals surface area (Å²) in [7, 11) is 0. The quantitative estimate of drug-likeness (QED) is 0.748. The van der Waals surface area contributed by atoms with Crippen molar-refractivity contribution in [3.63, 3.8) is 0 Å². The Labute approximate surface area is 150 Å². The Hall–Kier alpha value is -1.62. The number of halogens is 1. The van der Waals surface area contributed by atoms with Gasteiger partial charge in [-0.1, -0.05) is 12.2 Å². The minimum absolute atomic E-state index is 0.135. The number of fused-ring (bicyclic) bond motifs is 1. The van der Waals surface area contributed by atoms with Gasteiger partial charge in [0.2, 0.25) is 0 Å². The summed E-state index contributed by atoms with van der Waals surface area (Å²) in [6.45, 7) is 1.36. The first kappa shape index (κ1) is 15.9. The van der Waals surface area contributed by atoms with Crippen LogP contribution in [-0.2, 0) is 11.2 Å². The fourth-order valence-electron chi connectivity index (χ4n) is 3.78. The lowest BCUT2D eigenvalue weighted by Crippen LogP contribution is -2.37. The smallest absolute Gasteiger partial charge is 0.410 e.